The summed E-state index contributed by atoms with van der Waals surface area (Å²) < 4.78 is 31.9. The van der Waals surface area contributed by atoms with Gasteiger partial charge in [-0.05, 0) is 23.8 Å². The molecular weight excluding hydrogens is 262 g/mol. The molecule has 0 spiro atoms. The molecule has 0 saturated carbocycles. The molecule has 0 aliphatic heterocycles. The van der Waals surface area contributed by atoms with Crippen molar-refractivity contribution in [3.8, 4) is 0 Å². The molecule has 1 N–H and O–H groups in total. The Balaban J connectivity index is 1.86. The van der Waals surface area contributed by atoms with Gasteiger partial charge < -0.3 is 9.52 Å². The topological polar surface area (TPSA) is 33.4 Å². The molecule has 1 aromatic heterocycles. The second kappa shape index (κ2) is 5.06. The van der Waals surface area contributed by atoms with Crippen molar-refractivity contribution in [2.24, 2.45) is 0 Å². The van der Waals surface area contributed by atoms with Crippen molar-refractivity contribution >= 4 is 11.0 Å². The first-order chi connectivity index (χ1) is 9.63. The predicted molar refractivity (Wildman–Crippen MR) is 71.2 cm³/mol. The molecule has 0 amide bonds. The van der Waals surface area contributed by atoms with Gasteiger partial charge in [-0.25, -0.2) is 8.78 Å². The fourth-order valence-electron chi connectivity index (χ4n) is 2.16. The quantitative estimate of drug-likeness (QED) is 0.783. The molecule has 0 bridgehead atoms. The Kier molecular flexibility index (Phi) is 3.24. The monoisotopic (exact) mass is 274 g/mol. The maximum absolute atomic E-state index is 13.5. The molecule has 1 unspecified atom stereocenters. The van der Waals surface area contributed by atoms with E-state index in [-0.39, 0.29) is 12.0 Å². The van der Waals surface area contributed by atoms with Gasteiger partial charge in [0.1, 0.15) is 29.1 Å². The Bertz CT molecular complexity index is 716. The lowest BCUT2D eigenvalue weighted by Crippen LogP contribution is -2.02. The Morgan fingerprint density at radius 2 is 1.85 bits per heavy atom. The molecule has 3 aromatic rings. The summed E-state index contributed by atoms with van der Waals surface area (Å²) in [4.78, 5) is 0. The second-order valence-corrected chi connectivity index (χ2v) is 4.64. The minimum absolute atomic E-state index is 0.0337. The molecule has 0 saturated heterocycles. The average Bonchev–Trinajstić information content (AvgIpc) is 2.86. The Morgan fingerprint density at radius 1 is 1.05 bits per heavy atom. The minimum Gasteiger partial charge on any atom is -0.458 e. The van der Waals surface area contributed by atoms with Crippen LogP contribution in [0.4, 0.5) is 8.78 Å². The third kappa shape index (κ3) is 2.42. The lowest BCUT2D eigenvalue weighted by molar-refractivity contribution is 0.151. The van der Waals surface area contributed by atoms with Gasteiger partial charge in [0.2, 0.25) is 0 Å². The van der Waals surface area contributed by atoms with Crippen LogP contribution in [0.25, 0.3) is 11.0 Å². The van der Waals surface area contributed by atoms with Gasteiger partial charge in [0.15, 0.2) is 0 Å². The van der Waals surface area contributed by atoms with E-state index in [9.17, 15) is 13.9 Å². The molecule has 4 heteroatoms. The van der Waals surface area contributed by atoms with Crippen molar-refractivity contribution in [2.45, 2.75) is 12.5 Å². The largest absolute Gasteiger partial charge is 0.458 e. The smallest absolute Gasteiger partial charge is 0.134 e. The Labute approximate surface area is 114 Å². The van der Waals surface area contributed by atoms with Crippen molar-refractivity contribution in [1.29, 1.82) is 0 Å². The molecule has 0 aliphatic carbocycles. The van der Waals surface area contributed by atoms with E-state index < -0.39 is 17.7 Å². The first-order valence-corrected chi connectivity index (χ1v) is 6.24. The highest BCUT2D eigenvalue weighted by Gasteiger charge is 2.16. The zero-order valence-corrected chi connectivity index (χ0v) is 10.5. The first-order valence-electron chi connectivity index (χ1n) is 6.24. The van der Waals surface area contributed by atoms with Crippen LogP contribution in [0, 0.1) is 11.6 Å². The number of fused-ring (bicyclic) bond motifs is 1. The van der Waals surface area contributed by atoms with E-state index in [4.69, 9.17) is 4.42 Å². The minimum atomic E-state index is -0.970. The maximum atomic E-state index is 13.5. The standard InChI is InChI=1S/C16H12F2O2/c17-12-6-5-10(13(18)9-12)7-14(19)16-8-11-3-1-2-4-15(11)20-16/h1-6,8-9,14,19H,7H2. The third-order valence-electron chi connectivity index (χ3n) is 3.20. The molecule has 0 fully saturated rings. The predicted octanol–water partition coefficient (Wildman–Crippen LogP) is 3.99. The van der Waals surface area contributed by atoms with E-state index >= 15 is 0 Å². The number of furan rings is 1. The highest BCUT2D eigenvalue weighted by molar-refractivity contribution is 5.77. The summed E-state index contributed by atoms with van der Waals surface area (Å²) in [6.45, 7) is 0. The lowest BCUT2D eigenvalue weighted by Gasteiger charge is -2.08. The molecule has 0 aliphatic rings. The highest BCUT2D eigenvalue weighted by atomic mass is 19.1. The van der Waals surface area contributed by atoms with Gasteiger partial charge in [0.05, 0.1) is 0 Å². The molecule has 1 heterocycles. The maximum Gasteiger partial charge on any atom is 0.134 e. The fraction of sp³-hybridized carbons (Fsp3) is 0.125. The van der Waals surface area contributed by atoms with Gasteiger partial charge in [-0.1, -0.05) is 24.3 Å². The number of hydrogen-bond acceptors (Lipinski definition) is 2. The number of benzene rings is 2. The third-order valence-corrected chi connectivity index (χ3v) is 3.20. The zero-order chi connectivity index (χ0) is 14.1. The zero-order valence-electron chi connectivity index (χ0n) is 10.5. The van der Waals surface area contributed by atoms with Crippen LogP contribution < -0.4 is 0 Å². The summed E-state index contributed by atoms with van der Waals surface area (Å²) in [5.41, 5.74) is 0.917. The molecule has 102 valence electrons. The van der Waals surface area contributed by atoms with Gasteiger partial charge >= 0.3 is 0 Å². The number of halogens is 2. The molecule has 20 heavy (non-hydrogen) atoms. The van der Waals surface area contributed by atoms with Crippen LogP contribution in [-0.4, -0.2) is 5.11 Å². The van der Waals surface area contributed by atoms with Crippen LogP contribution in [0.1, 0.15) is 17.4 Å². The number of para-hydroxylation sites is 1. The van der Waals surface area contributed by atoms with Crippen LogP contribution in [0.5, 0.6) is 0 Å². The summed E-state index contributed by atoms with van der Waals surface area (Å²) in [6, 6.07) is 12.4. The first kappa shape index (κ1) is 12.8. The number of aliphatic hydroxyl groups is 1. The van der Waals surface area contributed by atoms with Crippen LogP contribution >= 0.6 is 0 Å². The van der Waals surface area contributed by atoms with E-state index in [0.717, 1.165) is 11.5 Å². The number of aliphatic hydroxyl groups excluding tert-OH is 1. The summed E-state index contributed by atoms with van der Waals surface area (Å²) in [5.74, 6) is -0.931. The molecule has 3 rings (SSSR count). The van der Waals surface area contributed by atoms with E-state index in [1.807, 2.05) is 18.2 Å². The van der Waals surface area contributed by atoms with E-state index in [2.05, 4.69) is 0 Å². The molecule has 1 atom stereocenters. The van der Waals surface area contributed by atoms with Crippen LogP contribution in [0.3, 0.4) is 0 Å². The van der Waals surface area contributed by atoms with Crippen molar-refractivity contribution in [3.63, 3.8) is 0 Å². The lowest BCUT2D eigenvalue weighted by atomic mass is 10.1. The summed E-state index contributed by atoms with van der Waals surface area (Å²) >= 11 is 0. The van der Waals surface area contributed by atoms with Gasteiger partial charge in [0.25, 0.3) is 0 Å². The summed E-state index contributed by atoms with van der Waals surface area (Å²) in [7, 11) is 0. The summed E-state index contributed by atoms with van der Waals surface area (Å²) in [6.07, 6.45) is -0.936. The van der Waals surface area contributed by atoms with Gasteiger partial charge in [-0.2, -0.15) is 0 Å². The van der Waals surface area contributed by atoms with Crippen LogP contribution in [-0.2, 0) is 6.42 Å². The van der Waals surface area contributed by atoms with Crippen LogP contribution in [0.15, 0.2) is 52.9 Å². The van der Waals surface area contributed by atoms with E-state index in [0.29, 0.717) is 11.3 Å². The highest BCUT2D eigenvalue weighted by Crippen LogP contribution is 2.26. The molecule has 2 aromatic carbocycles. The van der Waals surface area contributed by atoms with Gasteiger partial charge in [-0.3, -0.25) is 0 Å². The number of rotatable bonds is 3. The SMILES string of the molecule is OC(Cc1ccc(F)cc1F)c1cc2ccccc2o1. The van der Waals surface area contributed by atoms with Gasteiger partial charge in [0, 0.05) is 17.9 Å². The number of hydrogen-bond donors (Lipinski definition) is 1. The van der Waals surface area contributed by atoms with E-state index in [1.54, 1.807) is 12.1 Å². The Morgan fingerprint density at radius 3 is 2.60 bits per heavy atom. The Hall–Kier alpha value is -2.20. The van der Waals surface area contributed by atoms with E-state index in [1.165, 1.54) is 12.1 Å². The van der Waals surface area contributed by atoms with Crippen LogP contribution in [0.2, 0.25) is 0 Å². The van der Waals surface area contributed by atoms with Crippen molar-refractivity contribution in [1.82, 2.24) is 0 Å². The normalized spacial score (nSPS) is 12.8. The van der Waals surface area contributed by atoms with Crippen molar-refractivity contribution in [3.05, 3.63) is 71.5 Å². The fourth-order valence-corrected chi connectivity index (χ4v) is 2.16. The molecule has 0 radical (unpaired) electrons. The summed E-state index contributed by atoms with van der Waals surface area (Å²) in [5, 5.41) is 11.0. The second-order valence-electron chi connectivity index (χ2n) is 4.64. The average molecular weight is 274 g/mol. The molecular formula is C16H12F2O2. The molecule has 2 nitrogen and oxygen atoms in total. The van der Waals surface area contributed by atoms with Crippen molar-refractivity contribution in [2.75, 3.05) is 0 Å². The van der Waals surface area contributed by atoms with Crippen molar-refractivity contribution < 1.29 is 18.3 Å². The van der Waals surface area contributed by atoms with Gasteiger partial charge in [-0.15, -0.1) is 0 Å².